The average Bonchev–Trinajstić information content (AvgIpc) is 2.60. The van der Waals surface area contributed by atoms with Crippen molar-refractivity contribution >= 4 is 6.03 Å². The molecule has 0 radical (unpaired) electrons. The van der Waals surface area contributed by atoms with E-state index in [1.165, 1.54) is 19.3 Å². The van der Waals surface area contributed by atoms with Gasteiger partial charge in [0.15, 0.2) is 0 Å². The van der Waals surface area contributed by atoms with Gasteiger partial charge >= 0.3 is 6.03 Å². The van der Waals surface area contributed by atoms with E-state index in [1.807, 2.05) is 4.90 Å². The summed E-state index contributed by atoms with van der Waals surface area (Å²) in [6.07, 6.45) is 10.3. The Morgan fingerprint density at radius 2 is 1.69 bits per heavy atom. The highest BCUT2D eigenvalue weighted by Crippen LogP contribution is 2.20. The minimum absolute atomic E-state index is 0.108. The summed E-state index contributed by atoms with van der Waals surface area (Å²) in [4.78, 5) is 14.0. The highest BCUT2D eigenvalue weighted by Gasteiger charge is 2.28. The molecule has 3 heteroatoms. The summed E-state index contributed by atoms with van der Waals surface area (Å²) in [5.41, 5.74) is 0. The third-order valence-corrected chi connectivity index (χ3v) is 3.71. The third-order valence-electron chi connectivity index (χ3n) is 3.71. The molecule has 3 nitrogen and oxygen atoms in total. The lowest BCUT2D eigenvalue weighted by Gasteiger charge is -2.30. The Labute approximate surface area is 97.9 Å². The second kappa shape index (κ2) is 4.89. The van der Waals surface area contributed by atoms with Crippen LogP contribution in [0.1, 0.15) is 46.0 Å². The van der Waals surface area contributed by atoms with Crippen molar-refractivity contribution in [2.24, 2.45) is 0 Å². The van der Waals surface area contributed by atoms with Crippen molar-refractivity contribution in [3.05, 3.63) is 12.2 Å². The van der Waals surface area contributed by atoms with Crippen LogP contribution in [-0.2, 0) is 0 Å². The van der Waals surface area contributed by atoms with Gasteiger partial charge in [-0.15, -0.1) is 0 Å². The van der Waals surface area contributed by atoms with Gasteiger partial charge in [-0.25, -0.2) is 4.79 Å². The fraction of sp³-hybridized carbons (Fsp3) is 0.769. The van der Waals surface area contributed by atoms with Gasteiger partial charge in [0, 0.05) is 18.1 Å². The maximum Gasteiger partial charge on any atom is 0.318 e. The Balaban J connectivity index is 1.87. The number of carbonyl (C=O) groups excluding carboxylic acids is 1. The number of nitrogens with one attached hydrogen (secondary N) is 1. The monoisotopic (exact) mass is 222 g/mol. The van der Waals surface area contributed by atoms with Crippen LogP contribution in [0.5, 0.6) is 0 Å². The van der Waals surface area contributed by atoms with E-state index in [1.54, 1.807) is 0 Å². The number of rotatable bonds is 1. The standard InChI is InChI=1S/C13H22N2O/c1-10-8-9-11(2)15(10)13(16)14-12-6-4-3-5-7-12/h8-12H,3-7H2,1-2H3,(H,14,16). The number of nitrogens with zero attached hydrogens (tertiary/aromatic N) is 1. The lowest BCUT2D eigenvalue weighted by molar-refractivity contribution is 0.178. The number of hydrogen-bond donors (Lipinski definition) is 1. The molecule has 2 atom stereocenters. The van der Waals surface area contributed by atoms with E-state index in [0.29, 0.717) is 6.04 Å². The van der Waals surface area contributed by atoms with Crippen molar-refractivity contribution in [1.29, 1.82) is 0 Å². The lowest BCUT2D eigenvalue weighted by atomic mass is 9.96. The van der Waals surface area contributed by atoms with Crippen molar-refractivity contribution in [3.8, 4) is 0 Å². The minimum atomic E-state index is 0.108. The molecule has 0 bridgehead atoms. The molecule has 1 aliphatic carbocycles. The van der Waals surface area contributed by atoms with E-state index < -0.39 is 0 Å². The van der Waals surface area contributed by atoms with E-state index >= 15 is 0 Å². The maximum absolute atomic E-state index is 12.1. The first kappa shape index (κ1) is 11.5. The highest BCUT2D eigenvalue weighted by atomic mass is 16.2. The van der Waals surface area contributed by atoms with Crippen molar-refractivity contribution in [3.63, 3.8) is 0 Å². The van der Waals surface area contributed by atoms with Gasteiger partial charge in [0.2, 0.25) is 0 Å². The first-order valence-electron chi connectivity index (χ1n) is 6.45. The number of hydrogen-bond acceptors (Lipinski definition) is 1. The highest BCUT2D eigenvalue weighted by molar-refractivity contribution is 5.76. The molecule has 2 amide bonds. The molecule has 1 aliphatic heterocycles. The Morgan fingerprint density at radius 1 is 1.12 bits per heavy atom. The van der Waals surface area contributed by atoms with E-state index in [9.17, 15) is 4.79 Å². The van der Waals surface area contributed by atoms with Crippen LogP contribution in [0.25, 0.3) is 0 Å². The zero-order chi connectivity index (χ0) is 11.5. The molecule has 1 fully saturated rings. The predicted molar refractivity (Wildman–Crippen MR) is 65.3 cm³/mol. The molecule has 1 heterocycles. The summed E-state index contributed by atoms with van der Waals surface area (Å²) < 4.78 is 0. The molecule has 0 aromatic heterocycles. The number of carbonyl (C=O) groups is 1. The zero-order valence-electron chi connectivity index (χ0n) is 10.3. The second-order valence-electron chi connectivity index (χ2n) is 5.06. The summed E-state index contributed by atoms with van der Waals surface area (Å²) in [5.74, 6) is 0. The van der Waals surface area contributed by atoms with E-state index in [-0.39, 0.29) is 18.1 Å². The third kappa shape index (κ3) is 2.39. The Bertz CT molecular complexity index is 270. The summed E-state index contributed by atoms with van der Waals surface area (Å²) in [7, 11) is 0. The SMILES string of the molecule is CC1C=CC(C)N1C(=O)NC1CCCCC1. The van der Waals surface area contributed by atoms with Gasteiger partial charge in [0.1, 0.15) is 0 Å². The molecule has 2 unspecified atom stereocenters. The predicted octanol–water partition coefficient (Wildman–Crippen LogP) is 2.68. The van der Waals surface area contributed by atoms with Crippen LogP contribution in [0.3, 0.4) is 0 Å². The molecule has 0 spiro atoms. The van der Waals surface area contributed by atoms with Crippen molar-refractivity contribution < 1.29 is 4.79 Å². The van der Waals surface area contributed by atoms with Gasteiger partial charge in [-0.2, -0.15) is 0 Å². The van der Waals surface area contributed by atoms with Crippen LogP contribution in [0.4, 0.5) is 4.79 Å². The molecule has 0 aromatic carbocycles. The van der Waals surface area contributed by atoms with Gasteiger partial charge in [-0.3, -0.25) is 0 Å². The maximum atomic E-state index is 12.1. The molecule has 90 valence electrons. The first-order chi connectivity index (χ1) is 7.68. The fourth-order valence-corrected chi connectivity index (χ4v) is 2.74. The van der Waals surface area contributed by atoms with Gasteiger partial charge in [0.25, 0.3) is 0 Å². The minimum Gasteiger partial charge on any atom is -0.335 e. The molecule has 0 aromatic rings. The normalized spacial score (nSPS) is 30.8. The van der Waals surface area contributed by atoms with Gasteiger partial charge < -0.3 is 10.2 Å². The molecular weight excluding hydrogens is 200 g/mol. The van der Waals surface area contributed by atoms with Crippen molar-refractivity contribution in [2.75, 3.05) is 0 Å². The molecule has 2 rings (SSSR count). The molecule has 1 N–H and O–H groups in total. The topological polar surface area (TPSA) is 32.3 Å². The van der Waals surface area contributed by atoms with Gasteiger partial charge in [-0.05, 0) is 26.7 Å². The molecular formula is C13H22N2O. The van der Waals surface area contributed by atoms with E-state index in [2.05, 4.69) is 31.3 Å². The van der Waals surface area contributed by atoms with Crippen molar-refractivity contribution in [1.82, 2.24) is 10.2 Å². The smallest absolute Gasteiger partial charge is 0.318 e. The average molecular weight is 222 g/mol. The quantitative estimate of drug-likeness (QED) is 0.680. The summed E-state index contributed by atoms with van der Waals surface area (Å²) in [6, 6.07) is 0.982. The Morgan fingerprint density at radius 3 is 2.25 bits per heavy atom. The van der Waals surface area contributed by atoms with Crippen LogP contribution < -0.4 is 5.32 Å². The largest absolute Gasteiger partial charge is 0.335 e. The summed E-state index contributed by atoms with van der Waals surface area (Å²) in [5, 5.41) is 3.17. The van der Waals surface area contributed by atoms with Crippen LogP contribution in [0.2, 0.25) is 0 Å². The zero-order valence-corrected chi connectivity index (χ0v) is 10.3. The van der Waals surface area contributed by atoms with Gasteiger partial charge in [0.05, 0.1) is 0 Å². The van der Waals surface area contributed by atoms with E-state index in [4.69, 9.17) is 0 Å². The van der Waals surface area contributed by atoms with Crippen LogP contribution in [0, 0.1) is 0 Å². The van der Waals surface area contributed by atoms with Crippen molar-refractivity contribution in [2.45, 2.75) is 64.1 Å². The number of urea groups is 1. The summed E-state index contributed by atoms with van der Waals surface area (Å²) in [6.45, 7) is 4.14. The Kier molecular flexibility index (Phi) is 3.52. The first-order valence-corrected chi connectivity index (χ1v) is 6.45. The molecule has 1 saturated carbocycles. The van der Waals surface area contributed by atoms with Crippen LogP contribution >= 0.6 is 0 Å². The van der Waals surface area contributed by atoms with Crippen LogP contribution in [0.15, 0.2) is 12.2 Å². The molecule has 2 aliphatic rings. The molecule has 16 heavy (non-hydrogen) atoms. The van der Waals surface area contributed by atoms with E-state index in [0.717, 1.165) is 12.8 Å². The summed E-state index contributed by atoms with van der Waals surface area (Å²) >= 11 is 0. The lowest BCUT2D eigenvalue weighted by Crippen LogP contribution is -2.49. The van der Waals surface area contributed by atoms with Crippen LogP contribution in [-0.4, -0.2) is 29.1 Å². The fourth-order valence-electron chi connectivity index (χ4n) is 2.74. The van der Waals surface area contributed by atoms with Gasteiger partial charge in [-0.1, -0.05) is 31.4 Å². The Hall–Kier alpha value is -0.990. The second-order valence-corrected chi connectivity index (χ2v) is 5.06. The number of amides is 2. The molecule has 0 saturated heterocycles.